The van der Waals surface area contributed by atoms with Crippen molar-refractivity contribution in [2.45, 2.75) is 24.7 Å². The molecule has 1 saturated heterocycles. The molecule has 3 nitrogen and oxygen atoms in total. The zero-order valence-corrected chi connectivity index (χ0v) is 8.38. The van der Waals surface area contributed by atoms with Crippen LogP contribution in [0.15, 0.2) is 0 Å². The van der Waals surface area contributed by atoms with Crippen molar-refractivity contribution in [3.05, 3.63) is 0 Å². The second-order valence-electron chi connectivity index (χ2n) is 3.11. The highest BCUT2D eigenvalue weighted by atomic mass is 32.1. The van der Waals surface area contributed by atoms with E-state index in [4.69, 9.17) is 4.74 Å². The standard InChI is InChI=1S/C8H15NO2S/c1-6(12)8(10)9-4-3-7(5-9)11-2/h6-7,12H,3-5H2,1-2H3. The molecule has 0 spiro atoms. The number of ether oxygens (including phenoxy) is 1. The lowest BCUT2D eigenvalue weighted by atomic mass is 10.3. The summed E-state index contributed by atoms with van der Waals surface area (Å²) in [5.41, 5.74) is 0. The number of nitrogens with zero attached hydrogens (tertiary/aromatic N) is 1. The van der Waals surface area contributed by atoms with Crippen LogP contribution in [-0.4, -0.2) is 42.4 Å². The highest BCUT2D eigenvalue weighted by Gasteiger charge is 2.27. The third-order valence-electron chi connectivity index (χ3n) is 2.15. The number of hydrogen-bond acceptors (Lipinski definition) is 3. The Bertz CT molecular complexity index is 172. The van der Waals surface area contributed by atoms with Gasteiger partial charge in [0.1, 0.15) is 0 Å². The number of likely N-dealkylation sites (tertiary alicyclic amines) is 1. The molecule has 1 amide bonds. The average Bonchev–Trinajstić information content (AvgIpc) is 2.50. The van der Waals surface area contributed by atoms with Gasteiger partial charge in [-0.15, -0.1) is 0 Å². The fourth-order valence-corrected chi connectivity index (χ4v) is 1.55. The molecule has 0 aromatic rings. The van der Waals surface area contributed by atoms with Gasteiger partial charge in [-0.25, -0.2) is 0 Å². The number of methoxy groups -OCH3 is 1. The largest absolute Gasteiger partial charge is 0.380 e. The van der Waals surface area contributed by atoms with Gasteiger partial charge in [-0.3, -0.25) is 4.79 Å². The molecule has 0 saturated carbocycles. The van der Waals surface area contributed by atoms with Crippen LogP contribution in [0.2, 0.25) is 0 Å². The molecule has 0 radical (unpaired) electrons. The van der Waals surface area contributed by atoms with Crippen molar-refractivity contribution in [1.29, 1.82) is 0 Å². The quantitative estimate of drug-likeness (QED) is 0.643. The molecule has 2 atom stereocenters. The van der Waals surface area contributed by atoms with Gasteiger partial charge in [-0.1, -0.05) is 0 Å². The maximum Gasteiger partial charge on any atom is 0.235 e. The van der Waals surface area contributed by atoms with Crippen LogP contribution in [0.3, 0.4) is 0 Å². The second kappa shape index (κ2) is 4.14. The predicted molar refractivity (Wildman–Crippen MR) is 50.4 cm³/mol. The smallest absolute Gasteiger partial charge is 0.235 e. The number of amides is 1. The molecule has 0 N–H and O–H groups in total. The monoisotopic (exact) mass is 189 g/mol. The molecule has 70 valence electrons. The van der Waals surface area contributed by atoms with Crippen molar-refractivity contribution < 1.29 is 9.53 Å². The molecule has 1 aliphatic rings. The Morgan fingerprint density at radius 1 is 1.75 bits per heavy atom. The summed E-state index contributed by atoms with van der Waals surface area (Å²) in [6, 6.07) is 0. The minimum atomic E-state index is -0.194. The van der Waals surface area contributed by atoms with Crippen molar-refractivity contribution in [2.75, 3.05) is 20.2 Å². The first-order valence-corrected chi connectivity index (χ1v) is 4.66. The zero-order valence-electron chi connectivity index (χ0n) is 7.49. The predicted octanol–water partition coefficient (Wildman–Crippen LogP) is 0.552. The van der Waals surface area contributed by atoms with E-state index in [1.54, 1.807) is 14.0 Å². The lowest BCUT2D eigenvalue weighted by molar-refractivity contribution is -0.129. The van der Waals surface area contributed by atoms with Crippen LogP contribution >= 0.6 is 12.6 Å². The minimum absolute atomic E-state index is 0.109. The summed E-state index contributed by atoms with van der Waals surface area (Å²) in [5.74, 6) is 0.109. The average molecular weight is 189 g/mol. The molecular formula is C8H15NO2S. The van der Waals surface area contributed by atoms with E-state index < -0.39 is 0 Å². The van der Waals surface area contributed by atoms with E-state index in [0.29, 0.717) is 0 Å². The highest BCUT2D eigenvalue weighted by molar-refractivity contribution is 7.81. The Labute approximate surface area is 78.5 Å². The fourth-order valence-electron chi connectivity index (χ4n) is 1.38. The van der Waals surface area contributed by atoms with Gasteiger partial charge in [0.2, 0.25) is 5.91 Å². The molecular weight excluding hydrogens is 174 g/mol. The third-order valence-corrected chi connectivity index (χ3v) is 2.37. The van der Waals surface area contributed by atoms with E-state index in [0.717, 1.165) is 19.5 Å². The van der Waals surface area contributed by atoms with Crippen molar-refractivity contribution in [3.8, 4) is 0 Å². The van der Waals surface area contributed by atoms with Gasteiger partial charge in [0.25, 0.3) is 0 Å². The zero-order chi connectivity index (χ0) is 9.14. The van der Waals surface area contributed by atoms with Gasteiger partial charge in [0, 0.05) is 20.2 Å². The van der Waals surface area contributed by atoms with Crippen LogP contribution < -0.4 is 0 Å². The van der Waals surface area contributed by atoms with Crippen LogP contribution in [0.1, 0.15) is 13.3 Å². The number of thiol groups is 1. The topological polar surface area (TPSA) is 29.5 Å². The Hall–Kier alpha value is -0.220. The van der Waals surface area contributed by atoms with E-state index in [2.05, 4.69) is 12.6 Å². The Morgan fingerprint density at radius 3 is 2.83 bits per heavy atom. The third kappa shape index (κ3) is 2.14. The first kappa shape index (κ1) is 9.86. The molecule has 1 fully saturated rings. The summed E-state index contributed by atoms with van der Waals surface area (Å²) in [6.07, 6.45) is 1.17. The van der Waals surface area contributed by atoms with E-state index in [-0.39, 0.29) is 17.3 Å². The maximum absolute atomic E-state index is 11.4. The first-order valence-electron chi connectivity index (χ1n) is 4.14. The summed E-state index contributed by atoms with van der Waals surface area (Å²) < 4.78 is 5.15. The van der Waals surface area contributed by atoms with Crippen LogP contribution in [-0.2, 0) is 9.53 Å². The highest BCUT2D eigenvalue weighted by Crippen LogP contribution is 2.14. The van der Waals surface area contributed by atoms with E-state index in [1.165, 1.54) is 0 Å². The molecule has 1 aliphatic heterocycles. The van der Waals surface area contributed by atoms with E-state index >= 15 is 0 Å². The van der Waals surface area contributed by atoms with Gasteiger partial charge < -0.3 is 9.64 Å². The van der Waals surface area contributed by atoms with Gasteiger partial charge in [-0.05, 0) is 13.3 Å². The molecule has 0 aromatic heterocycles. The molecule has 2 unspecified atom stereocenters. The van der Waals surface area contributed by atoms with Crippen LogP contribution in [0, 0.1) is 0 Å². The van der Waals surface area contributed by atoms with Crippen molar-refractivity contribution in [1.82, 2.24) is 4.90 Å². The minimum Gasteiger partial charge on any atom is -0.380 e. The number of rotatable bonds is 2. The van der Waals surface area contributed by atoms with Crippen LogP contribution in [0.5, 0.6) is 0 Å². The molecule has 0 bridgehead atoms. The fraction of sp³-hybridized carbons (Fsp3) is 0.875. The normalized spacial score (nSPS) is 25.9. The van der Waals surface area contributed by atoms with E-state index in [9.17, 15) is 4.79 Å². The maximum atomic E-state index is 11.4. The molecule has 0 aromatic carbocycles. The van der Waals surface area contributed by atoms with Crippen molar-refractivity contribution in [3.63, 3.8) is 0 Å². The summed E-state index contributed by atoms with van der Waals surface area (Å²) in [7, 11) is 1.68. The molecule has 1 heterocycles. The van der Waals surface area contributed by atoms with Gasteiger partial charge in [0.15, 0.2) is 0 Å². The number of carbonyl (C=O) groups is 1. The van der Waals surface area contributed by atoms with Gasteiger partial charge >= 0.3 is 0 Å². The Kier molecular flexibility index (Phi) is 3.40. The van der Waals surface area contributed by atoms with Gasteiger partial charge in [-0.2, -0.15) is 12.6 Å². The van der Waals surface area contributed by atoms with Crippen molar-refractivity contribution >= 4 is 18.5 Å². The Balaban J connectivity index is 2.41. The summed E-state index contributed by atoms with van der Waals surface area (Å²) in [6.45, 7) is 3.33. The summed E-state index contributed by atoms with van der Waals surface area (Å²) in [4.78, 5) is 13.2. The summed E-state index contributed by atoms with van der Waals surface area (Å²) in [5, 5.41) is -0.194. The molecule has 12 heavy (non-hydrogen) atoms. The van der Waals surface area contributed by atoms with Crippen LogP contribution in [0.25, 0.3) is 0 Å². The van der Waals surface area contributed by atoms with Crippen molar-refractivity contribution in [2.24, 2.45) is 0 Å². The summed E-state index contributed by atoms with van der Waals surface area (Å²) >= 11 is 4.09. The number of carbonyl (C=O) groups excluding carboxylic acids is 1. The Morgan fingerprint density at radius 2 is 2.42 bits per heavy atom. The molecule has 0 aliphatic carbocycles. The first-order chi connectivity index (χ1) is 5.65. The number of hydrogen-bond donors (Lipinski definition) is 1. The van der Waals surface area contributed by atoms with Gasteiger partial charge in [0.05, 0.1) is 11.4 Å². The lowest BCUT2D eigenvalue weighted by Crippen LogP contribution is -2.34. The van der Waals surface area contributed by atoms with E-state index in [1.807, 2.05) is 4.90 Å². The lowest BCUT2D eigenvalue weighted by Gasteiger charge is -2.17. The SMILES string of the molecule is COC1CCN(C(=O)C(C)S)C1. The second-order valence-corrected chi connectivity index (χ2v) is 3.88. The van der Waals surface area contributed by atoms with Crippen LogP contribution in [0.4, 0.5) is 0 Å². The molecule has 4 heteroatoms. The molecule has 1 rings (SSSR count).